The lowest BCUT2D eigenvalue weighted by Crippen LogP contribution is -2.48. The molecule has 1 heterocycles. The molecule has 3 atom stereocenters. The summed E-state index contributed by atoms with van der Waals surface area (Å²) in [5, 5.41) is 3.36. The number of carbonyl (C=O) groups is 2. The summed E-state index contributed by atoms with van der Waals surface area (Å²) >= 11 is 0. The van der Waals surface area contributed by atoms with Crippen molar-refractivity contribution in [3.05, 3.63) is 0 Å². The van der Waals surface area contributed by atoms with E-state index in [2.05, 4.69) is 12.2 Å². The molecule has 1 aliphatic heterocycles. The predicted octanol–water partition coefficient (Wildman–Crippen LogP) is 1.69. The Morgan fingerprint density at radius 3 is 2.50 bits per heavy atom. The van der Waals surface area contributed by atoms with Crippen LogP contribution in [0.3, 0.4) is 0 Å². The molecule has 2 amide bonds. The number of nitrogens with zero attached hydrogens (tertiary/aromatic N) is 1. The third kappa shape index (κ3) is 2.44. The van der Waals surface area contributed by atoms with Crippen molar-refractivity contribution in [1.29, 1.82) is 0 Å². The summed E-state index contributed by atoms with van der Waals surface area (Å²) in [5.74, 6) is 0.638. The van der Waals surface area contributed by atoms with Crippen molar-refractivity contribution in [2.45, 2.75) is 71.0 Å². The largest absolute Gasteiger partial charge is 0.303 e. The molecule has 1 saturated heterocycles. The minimum Gasteiger partial charge on any atom is -0.303 e. The molecule has 2 aliphatic rings. The lowest BCUT2D eigenvalue weighted by atomic mass is 9.80. The summed E-state index contributed by atoms with van der Waals surface area (Å²) in [5.41, 5.74) is 0. The van der Waals surface area contributed by atoms with E-state index >= 15 is 0 Å². The highest BCUT2D eigenvalue weighted by molar-refractivity contribution is 6.05. The first kappa shape index (κ1) is 13.5. The van der Waals surface area contributed by atoms with E-state index in [1.54, 1.807) is 0 Å². The summed E-state index contributed by atoms with van der Waals surface area (Å²) in [7, 11) is 0. The molecule has 3 unspecified atom stereocenters. The number of nitrogens with one attached hydrogen (secondary N) is 1. The van der Waals surface area contributed by atoms with Gasteiger partial charge >= 0.3 is 0 Å². The van der Waals surface area contributed by atoms with Gasteiger partial charge in [-0.3, -0.25) is 14.5 Å². The van der Waals surface area contributed by atoms with Crippen LogP contribution in [0.5, 0.6) is 0 Å². The summed E-state index contributed by atoms with van der Waals surface area (Å²) in [6, 6.07) is 0.0790. The topological polar surface area (TPSA) is 49.4 Å². The Morgan fingerprint density at radius 2 is 2.00 bits per heavy atom. The molecular formula is C14H24N2O2. The number of likely N-dealkylation sites (tertiary alicyclic amines) is 1. The van der Waals surface area contributed by atoms with E-state index < -0.39 is 0 Å². The van der Waals surface area contributed by atoms with Crippen LogP contribution >= 0.6 is 0 Å². The number of carbonyl (C=O) groups excluding carboxylic acids is 2. The normalized spacial score (nSPS) is 28.4. The second-order valence-electron chi connectivity index (χ2n) is 5.76. The standard InChI is InChI=1S/C14H24N2O2/c1-4-9(2)16-13(17)8-12(14(16)18)15-10(3)11-6-5-7-11/h9-12,15H,4-8H2,1-3H3. The molecule has 0 aromatic carbocycles. The molecule has 4 nitrogen and oxygen atoms in total. The first-order valence-corrected chi connectivity index (χ1v) is 7.16. The van der Waals surface area contributed by atoms with Crippen molar-refractivity contribution in [1.82, 2.24) is 10.2 Å². The van der Waals surface area contributed by atoms with Crippen molar-refractivity contribution >= 4 is 11.8 Å². The molecule has 1 N–H and O–H groups in total. The van der Waals surface area contributed by atoms with E-state index in [0.717, 1.165) is 6.42 Å². The van der Waals surface area contributed by atoms with Crippen molar-refractivity contribution < 1.29 is 9.59 Å². The van der Waals surface area contributed by atoms with Gasteiger partial charge in [-0.2, -0.15) is 0 Å². The average Bonchev–Trinajstić information content (AvgIpc) is 2.51. The lowest BCUT2D eigenvalue weighted by molar-refractivity contribution is -0.141. The van der Waals surface area contributed by atoms with Gasteiger partial charge in [0.25, 0.3) is 0 Å². The fourth-order valence-corrected chi connectivity index (χ4v) is 2.82. The van der Waals surface area contributed by atoms with Crippen molar-refractivity contribution in [2.75, 3.05) is 0 Å². The van der Waals surface area contributed by atoms with Crippen molar-refractivity contribution in [3.8, 4) is 0 Å². The molecule has 18 heavy (non-hydrogen) atoms. The van der Waals surface area contributed by atoms with Gasteiger partial charge in [0.2, 0.25) is 11.8 Å². The van der Waals surface area contributed by atoms with Crippen LogP contribution in [0.1, 0.15) is 52.9 Å². The molecule has 2 fully saturated rings. The van der Waals surface area contributed by atoms with E-state index in [4.69, 9.17) is 0 Å². The number of hydrogen-bond acceptors (Lipinski definition) is 3. The van der Waals surface area contributed by atoms with Crippen molar-refractivity contribution in [2.24, 2.45) is 5.92 Å². The molecule has 1 aliphatic carbocycles. The summed E-state index contributed by atoms with van der Waals surface area (Å²) in [6.07, 6.45) is 4.95. The van der Waals surface area contributed by atoms with E-state index in [1.807, 2.05) is 13.8 Å². The minimum atomic E-state index is -0.290. The van der Waals surface area contributed by atoms with Gasteiger partial charge in [-0.25, -0.2) is 0 Å². The Balaban J connectivity index is 1.94. The number of amides is 2. The van der Waals surface area contributed by atoms with Gasteiger partial charge in [0.05, 0.1) is 12.5 Å². The van der Waals surface area contributed by atoms with Crippen LogP contribution in [0, 0.1) is 5.92 Å². The first-order valence-electron chi connectivity index (χ1n) is 7.16. The molecule has 102 valence electrons. The maximum atomic E-state index is 12.2. The molecule has 0 bridgehead atoms. The molecule has 0 aromatic rings. The molecule has 1 saturated carbocycles. The zero-order valence-corrected chi connectivity index (χ0v) is 11.6. The van der Waals surface area contributed by atoms with Gasteiger partial charge in [0.15, 0.2) is 0 Å². The molecule has 0 spiro atoms. The zero-order valence-electron chi connectivity index (χ0n) is 11.6. The van der Waals surface area contributed by atoms with Crippen LogP contribution in [-0.2, 0) is 9.59 Å². The Morgan fingerprint density at radius 1 is 1.33 bits per heavy atom. The van der Waals surface area contributed by atoms with Gasteiger partial charge < -0.3 is 5.32 Å². The highest BCUT2D eigenvalue weighted by Crippen LogP contribution is 2.30. The van der Waals surface area contributed by atoms with Crippen LogP contribution in [0.2, 0.25) is 0 Å². The first-order chi connectivity index (χ1) is 8.54. The Bertz CT molecular complexity index is 339. The molecule has 2 rings (SSSR count). The van der Waals surface area contributed by atoms with E-state index in [9.17, 15) is 9.59 Å². The summed E-state index contributed by atoms with van der Waals surface area (Å²) in [6.45, 7) is 6.07. The van der Waals surface area contributed by atoms with Crippen LogP contribution in [-0.4, -0.2) is 34.8 Å². The van der Waals surface area contributed by atoms with Crippen LogP contribution in [0.4, 0.5) is 0 Å². The second-order valence-corrected chi connectivity index (χ2v) is 5.76. The highest BCUT2D eigenvalue weighted by Gasteiger charge is 2.41. The quantitative estimate of drug-likeness (QED) is 0.758. The third-order valence-electron chi connectivity index (χ3n) is 4.54. The third-order valence-corrected chi connectivity index (χ3v) is 4.54. The zero-order chi connectivity index (χ0) is 13.3. The van der Waals surface area contributed by atoms with E-state index in [-0.39, 0.29) is 23.9 Å². The van der Waals surface area contributed by atoms with E-state index in [0.29, 0.717) is 18.4 Å². The summed E-state index contributed by atoms with van der Waals surface area (Å²) in [4.78, 5) is 25.6. The highest BCUT2D eigenvalue weighted by atomic mass is 16.2. The monoisotopic (exact) mass is 252 g/mol. The molecule has 0 aromatic heterocycles. The fourth-order valence-electron chi connectivity index (χ4n) is 2.82. The number of hydrogen-bond donors (Lipinski definition) is 1. The van der Waals surface area contributed by atoms with Crippen LogP contribution in [0.15, 0.2) is 0 Å². The van der Waals surface area contributed by atoms with Gasteiger partial charge in [0, 0.05) is 12.1 Å². The average molecular weight is 252 g/mol. The number of rotatable bonds is 5. The predicted molar refractivity (Wildman–Crippen MR) is 69.9 cm³/mol. The smallest absolute Gasteiger partial charge is 0.247 e. The molecule has 0 radical (unpaired) electrons. The van der Waals surface area contributed by atoms with Gasteiger partial charge in [0.1, 0.15) is 0 Å². The Kier molecular flexibility index (Phi) is 4.05. The second kappa shape index (κ2) is 5.39. The lowest BCUT2D eigenvalue weighted by Gasteiger charge is -2.33. The van der Waals surface area contributed by atoms with Gasteiger partial charge in [-0.1, -0.05) is 13.3 Å². The van der Waals surface area contributed by atoms with Gasteiger partial charge in [-0.15, -0.1) is 0 Å². The van der Waals surface area contributed by atoms with Crippen LogP contribution < -0.4 is 5.32 Å². The SMILES string of the molecule is CCC(C)N1C(=O)CC(NC(C)C2CCC2)C1=O. The maximum Gasteiger partial charge on any atom is 0.247 e. The fraction of sp³-hybridized carbons (Fsp3) is 0.857. The molecular weight excluding hydrogens is 228 g/mol. The van der Waals surface area contributed by atoms with E-state index in [1.165, 1.54) is 24.2 Å². The Labute approximate surface area is 109 Å². The summed E-state index contributed by atoms with van der Waals surface area (Å²) < 4.78 is 0. The van der Waals surface area contributed by atoms with Gasteiger partial charge in [-0.05, 0) is 39.0 Å². The number of imide groups is 1. The minimum absolute atomic E-state index is 0.0207. The Hall–Kier alpha value is -0.900. The van der Waals surface area contributed by atoms with Crippen LogP contribution in [0.25, 0.3) is 0 Å². The van der Waals surface area contributed by atoms with Crippen molar-refractivity contribution in [3.63, 3.8) is 0 Å². The molecule has 4 heteroatoms. The maximum absolute atomic E-state index is 12.2.